The summed E-state index contributed by atoms with van der Waals surface area (Å²) in [7, 11) is 0. The molecule has 0 atom stereocenters. The highest BCUT2D eigenvalue weighted by atomic mass is 15.1. The topological polar surface area (TPSA) is 6.48 Å². The van der Waals surface area contributed by atoms with E-state index in [0.29, 0.717) is 0 Å². The van der Waals surface area contributed by atoms with Crippen LogP contribution in [0.15, 0.2) is 315 Å². The summed E-state index contributed by atoms with van der Waals surface area (Å²) in [6.07, 6.45) is 0. The SMILES string of the molecule is CC(C)(C)c1ccc(-c2c(-c3ccc(N(c4ccccc4)c4ccc5ccc6cccc7ccc4c5c67)cc3)c(-c3ccc(C(C)(C)C)cc3)c(-c3ccc(C(C)(C)C)cc3)c(-c3ccc(N(c4ccccc4)c4ccc5ccc6cccc7ccc4c5c67)cc3)c2-c2ccc(C(C)(C)C)cc2)cc1. The molecule has 0 saturated carbocycles. The van der Waals surface area contributed by atoms with Crippen LogP contribution in [0.3, 0.4) is 0 Å². The van der Waals surface area contributed by atoms with Crippen molar-refractivity contribution in [1.82, 2.24) is 0 Å². The van der Waals surface area contributed by atoms with E-state index >= 15 is 0 Å². The van der Waals surface area contributed by atoms with E-state index in [0.717, 1.165) is 67.5 Å². The van der Waals surface area contributed by atoms with E-state index in [1.54, 1.807) is 0 Å². The molecular weight excluding hydrogens is 1250 g/mol. The van der Waals surface area contributed by atoms with Gasteiger partial charge in [0.25, 0.3) is 0 Å². The first kappa shape index (κ1) is 65.7. The lowest BCUT2D eigenvalue weighted by molar-refractivity contribution is 0.590. The molecule has 17 aromatic rings. The summed E-state index contributed by atoms with van der Waals surface area (Å²) in [6.45, 7) is 27.9. The summed E-state index contributed by atoms with van der Waals surface area (Å²) in [5, 5.41) is 15.1. The fraction of sp³-hybridized carbons (Fsp3) is 0.157. The normalized spacial score (nSPS) is 12.4. The maximum atomic E-state index is 2.47. The van der Waals surface area contributed by atoms with Gasteiger partial charge in [-0.1, -0.05) is 338 Å². The quantitative estimate of drug-likeness (QED) is 0.113. The monoisotopic (exact) mass is 1340 g/mol. The second-order valence-corrected chi connectivity index (χ2v) is 32.9. The minimum absolute atomic E-state index is 0.0800. The average molecular weight is 1340 g/mol. The number of anilines is 6. The van der Waals surface area contributed by atoms with Gasteiger partial charge in [0.15, 0.2) is 0 Å². The van der Waals surface area contributed by atoms with Crippen LogP contribution in [0.1, 0.15) is 105 Å². The van der Waals surface area contributed by atoms with Gasteiger partial charge in [-0.15, -0.1) is 0 Å². The van der Waals surface area contributed by atoms with Gasteiger partial charge in [0.1, 0.15) is 0 Å². The van der Waals surface area contributed by atoms with Gasteiger partial charge in [-0.25, -0.2) is 0 Å². The molecule has 0 aliphatic carbocycles. The predicted molar refractivity (Wildman–Crippen MR) is 451 cm³/mol. The Balaban J connectivity index is 0.981. The number of nitrogens with zero attached hydrogens (tertiary/aromatic N) is 2. The minimum atomic E-state index is -0.0800. The molecule has 506 valence electrons. The van der Waals surface area contributed by atoms with Crippen molar-refractivity contribution in [3.8, 4) is 66.8 Å². The first-order valence-corrected chi connectivity index (χ1v) is 37.0. The van der Waals surface area contributed by atoms with Crippen LogP contribution in [0.25, 0.3) is 131 Å². The van der Waals surface area contributed by atoms with Crippen molar-refractivity contribution in [3.63, 3.8) is 0 Å². The Morgan fingerprint density at radius 2 is 0.385 bits per heavy atom. The van der Waals surface area contributed by atoms with E-state index in [4.69, 9.17) is 0 Å². The Morgan fingerprint density at radius 1 is 0.173 bits per heavy atom. The van der Waals surface area contributed by atoms with Gasteiger partial charge in [-0.2, -0.15) is 0 Å². The molecule has 0 N–H and O–H groups in total. The zero-order chi connectivity index (χ0) is 71.6. The molecule has 0 spiro atoms. The molecule has 0 unspecified atom stereocenters. The molecule has 17 rings (SSSR count). The smallest absolute Gasteiger partial charge is 0.0540 e. The molecule has 0 aliphatic heterocycles. The summed E-state index contributed by atoms with van der Waals surface area (Å²) in [5.74, 6) is 0. The van der Waals surface area contributed by atoms with Crippen LogP contribution in [0.2, 0.25) is 0 Å². The molecule has 0 bridgehead atoms. The molecule has 17 aromatic carbocycles. The Kier molecular flexibility index (Phi) is 15.9. The summed E-state index contributed by atoms with van der Waals surface area (Å²) in [4.78, 5) is 4.93. The molecule has 0 saturated heterocycles. The van der Waals surface area contributed by atoms with Crippen molar-refractivity contribution in [2.45, 2.75) is 105 Å². The third-order valence-electron chi connectivity index (χ3n) is 22.0. The highest BCUT2D eigenvalue weighted by Gasteiger charge is 2.32. The minimum Gasteiger partial charge on any atom is -0.310 e. The molecule has 104 heavy (non-hydrogen) atoms. The maximum Gasteiger partial charge on any atom is 0.0540 e. The van der Waals surface area contributed by atoms with Crippen molar-refractivity contribution >= 4 is 98.8 Å². The van der Waals surface area contributed by atoms with Crippen LogP contribution in [0.5, 0.6) is 0 Å². The standard InChI is InChI=1S/C102H88N2/c1-99(2,3)77-49-33-71(34-50-77)93-94(72-35-51-78(52-36-72)100(4,5)6)98(76-43-59-84(60-44-76)104(82-27-17-14-18-28-82)88-64-48-70-32-30-66-22-20-24-68-46-62-86(88)92(70)90(66)68)96(74-39-55-80(56-40-74)102(10,11)12)95(73-37-53-79(54-38-73)101(7,8)9)97(93)75-41-57-83(58-42-75)103(81-25-15-13-16-26-81)87-63-47-69-31-29-65-21-19-23-67-45-61-85(87)91(69)89(65)67/h13-64H,1-12H3. The number of para-hydroxylation sites is 2. The van der Waals surface area contributed by atoms with Crippen LogP contribution < -0.4 is 9.80 Å². The highest BCUT2D eigenvalue weighted by molar-refractivity contribution is 6.27. The molecule has 0 aromatic heterocycles. The van der Waals surface area contributed by atoms with Crippen molar-refractivity contribution < 1.29 is 0 Å². The molecule has 0 heterocycles. The fourth-order valence-corrected chi connectivity index (χ4v) is 16.4. The fourth-order valence-electron chi connectivity index (χ4n) is 16.4. The Hall–Kier alpha value is -11.6. The first-order valence-electron chi connectivity index (χ1n) is 37.0. The van der Waals surface area contributed by atoms with Crippen LogP contribution >= 0.6 is 0 Å². The van der Waals surface area contributed by atoms with Gasteiger partial charge in [0, 0.05) is 33.5 Å². The third-order valence-corrected chi connectivity index (χ3v) is 22.0. The Bertz CT molecular complexity index is 5490. The summed E-state index contributed by atoms with van der Waals surface area (Å²) >= 11 is 0. The summed E-state index contributed by atoms with van der Waals surface area (Å²) in [5.41, 5.74) is 25.3. The van der Waals surface area contributed by atoms with Crippen molar-refractivity contribution in [1.29, 1.82) is 0 Å². The van der Waals surface area contributed by atoms with Crippen molar-refractivity contribution in [3.05, 3.63) is 338 Å². The van der Waals surface area contributed by atoms with E-state index in [2.05, 4.69) is 408 Å². The molecular formula is C102H88N2. The van der Waals surface area contributed by atoms with Gasteiger partial charge in [0.05, 0.1) is 11.4 Å². The van der Waals surface area contributed by atoms with Crippen LogP contribution in [0, 0.1) is 0 Å². The van der Waals surface area contributed by atoms with E-state index in [-0.39, 0.29) is 21.7 Å². The molecule has 2 nitrogen and oxygen atoms in total. The van der Waals surface area contributed by atoms with E-state index in [9.17, 15) is 0 Å². The number of benzene rings is 17. The lowest BCUT2D eigenvalue weighted by atomic mass is 9.73. The lowest BCUT2D eigenvalue weighted by Crippen LogP contribution is -2.12. The molecule has 0 amide bonds. The number of hydrogen-bond acceptors (Lipinski definition) is 2. The molecule has 2 heteroatoms. The highest BCUT2D eigenvalue weighted by Crippen LogP contribution is 2.58. The summed E-state index contributed by atoms with van der Waals surface area (Å²) < 4.78 is 0. The molecule has 0 fully saturated rings. The Morgan fingerprint density at radius 3 is 0.635 bits per heavy atom. The van der Waals surface area contributed by atoms with Gasteiger partial charge in [-0.3, -0.25) is 0 Å². The zero-order valence-corrected chi connectivity index (χ0v) is 61.9. The maximum absolute atomic E-state index is 2.47. The van der Waals surface area contributed by atoms with E-state index in [1.807, 2.05) is 0 Å². The van der Waals surface area contributed by atoms with Crippen LogP contribution in [-0.2, 0) is 21.7 Å². The average Bonchev–Trinajstić information content (AvgIpc) is 0.725. The largest absolute Gasteiger partial charge is 0.310 e. The van der Waals surface area contributed by atoms with Gasteiger partial charge >= 0.3 is 0 Å². The van der Waals surface area contributed by atoms with Crippen LogP contribution in [-0.4, -0.2) is 0 Å². The summed E-state index contributed by atoms with van der Waals surface area (Å²) in [6, 6.07) is 120. The third kappa shape index (κ3) is 11.5. The van der Waals surface area contributed by atoms with Gasteiger partial charge in [-0.05, 0) is 225 Å². The van der Waals surface area contributed by atoms with Gasteiger partial charge < -0.3 is 9.80 Å². The lowest BCUT2D eigenvalue weighted by Gasteiger charge is -2.31. The van der Waals surface area contributed by atoms with E-state index in [1.165, 1.54) is 120 Å². The van der Waals surface area contributed by atoms with Crippen molar-refractivity contribution in [2.24, 2.45) is 0 Å². The van der Waals surface area contributed by atoms with Gasteiger partial charge in [0.2, 0.25) is 0 Å². The molecule has 0 radical (unpaired) electrons. The number of hydrogen-bond donors (Lipinski definition) is 0. The second-order valence-electron chi connectivity index (χ2n) is 32.9. The van der Waals surface area contributed by atoms with E-state index < -0.39 is 0 Å². The van der Waals surface area contributed by atoms with Crippen LogP contribution in [0.4, 0.5) is 34.1 Å². The van der Waals surface area contributed by atoms with Crippen molar-refractivity contribution in [2.75, 3.05) is 9.80 Å². The number of rotatable bonds is 12. The molecule has 0 aliphatic rings. The second kappa shape index (κ2) is 25.1. The first-order chi connectivity index (χ1) is 50.1. The zero-order valence-electron chi connectivity index (χ0n) is 61.9. The Labute approximate surface area is 613 Å². The predicted octanol–water partition coefficient (Wildman–Crippen LogP) is 29.6.